The molecule has 1 amide bonds. The second kappa shape index (κ2) is 8.64. The van der Waals surface area contributed by atoms with Gasteiger partial charge in [-0.2, -0.15) is 5.16 Å². The standard InChI is InChI=1S/C17H27N3O5/c21-12-14-7-13(9-19-3-5-24-6-4-19)10-20(11-14)17(23)2-1-15-8-16(22)18-25-15/h8,13-14,21H,1-7,9-12H2,(H,18,22)/t13-,14+/m1/s1. The Morgan fingerprint density at radius 2 is 2.04 bits per heavy atom. The molecule has 2 aliphatic rings. The number of morpholine rings is 1. The van der Waals surface area contributed by atoms with E-state index in [4.69, 9.17) is 9.26 Å². The van der Waals surface area contributed by atoms with Crippen molar-refractivity contribution in [3.63, 3.8) is 0 Å². The Labute approximate surface area is 146 Å². The van der Waals surface area contributed by atoms with Crippen molar-refractivity contribution in [3.8, 4) is 0 Å². The number of aryl methyl sites for hydroxylation is 1. The van der Waals surface area contributed by atoms with Crippen molar-refractivity contribution >= 4 is 5.91 Å². The van der Waals surface area contributed by atoms with Gasteiger partial charge in [0, 0.05) is 58.2 Å². The smallest absolute Gasteiger partial charge is 0.280 e. The summed E-state index contributed by atoms with van der Waals surface area (Å²) in [4.78, 5) is 27.9. The van der Waals surface area contributed by atoms with Crippen molar-refractivity contribution in [2.75, 3.05) is 52.5 Å². The van der Waals surface area contributed by atoms with Crippen LogP contribution < -0.4 is 5.56 Å². The molecule has 3 rings (SSSR count). The number of rotatable bonds is 6. The van der Waals surface area contributed by atoms with Crippen LogP contribution in [0.5, 0.6) is 0 Å². The average molecular weight is 353 g/mol. The highest BCUT2D eigenvalue weighted by molar-refractivity contribution is 5.76. The van der Waals surface area contributed by atoms with Crippen LogP contribution in [-0.4, -0.2) is 78.5 Å². The van der Waals surface area contributed by atoms with Crippen molar-refractivity contribution in [1.29, 1.82) is 0 Å². The lowest BCUT2D eigenvalue weighted by molar-refractivity contribution is -0.134. The number of aromatic nitrogens is 1. The zero-order chi connectivity index (χ0) is 17.6. The average Bonchev–Trinajstić information content (AvgIpc) is 3.05. The lowest BCUT2D eigenvalue weighted by Crippen LogP contribution is -2.49. The second-order valence-electron chi connectivity index (χ2n) is 7.04. The molecule has 0 aliphatic carbocycles. The minimum atomic E-state index is -0.286. The Morgan fingerprint density at radius 1 is 1.28 bits per heavy atom. The summed E-state index contributed by atoms with van der Waals surface area (Å²) < 4.78 is 10.4. The van der Waals surface area contributed by atoms with Crippen LogP contribution in [0.1, 0.15) is 18.6 Å². The van der Waals surface area contributed by atoms with Crippen LogP contribution in [0.2, 0.25) is 0 Å². The molecule has 2 saturated heterocycles. The number of carbonyl (C=O) groups excluding carboxylic acids is 1. The summed E-state index contributed by atoms with van der Waals surface area (Å²) in [5.41, 5.74) is -0.286. The normalized spacial score (nSPS) is 25.2. The first-order chi connectivity index (χ1) is 12.1. The maximum atomic E-state index is 12.6. The van der Waals surface area contributed by atoms with E-state index < -0.39 is 0 Å². The molecule has 0 unspecified atom stereocenters. The maximum absolute atomic E-state index is 12.6. The highest BCUT2D eigenvalue weighted by atomic mass is 16.5. The summed E-state index contributed by atoms with van der Waals surface area (Å²) in [6, 6.07) is 1.38. The zero-order valence-electron chi connectivity index (χ0n) is 14.5. The predicted molar refractivity (Wildman–Crippen MR) is 90.2 cm³/mol. The number of nitrogens with one attached hydrogen (secondary N) is 1. The Balaban J connectivity index is 1.53. The van der Waals surface area contributed by atoms with E-state index in [0.717, 1.165) is 45.8 Å². The number of aliphatic hydroxyl groups is 1. The SMILES string of the molecule is O=C(CCc1cc(=O)[nH]o1)N1C[C@@H](CN2CCOCC2)C[C@H](CO)C1. The third-order valence-electron chi connectivity index (χ3n) is 5.01. The highest BCUT2D eigenvalue weighted by Gasteiger charge is 2.30. The van der Waals surface area contributed by atoms with Gasteiger partial charge in [-0.25, -0.2) is 0 Å². The van der Waals surface area contributed by atoms with Gasteiger partial charge in [-0.05, 0) is 18.3 Å². The Morgan fingerprint density at radius 3 is 2.72 bits per heavy atom. The minimum absolute atomic E-state index is 0.0500. The van der Waals surface area contributed by atoms with E-state index >= 15 is 0 Å². The van der Waals surface area contributed by atoms with E-state index in [9.17, 15) is 14.7 Å². The quantitative estimate of drug-likeness (QED) is 0.728. The van der Waals surface area contributed by atoms with E-state index in [1.165, 1.54) is 6.07 Å². The maximum Gasteiger partial charge on any atom is 0.280 e. The Kier molecular flexibility index (Phi) is 6.28. The number of amides is 1. The molecule has 2 aliphatic heterocycles. The number of H-pyrrole nitrogens is 1. The van der Waals surface area contributed by atoms with Crippen LogP contribution in [0.15, 0.2) is 15.4 Å². The first-order valence-corrected chi connectivity index (χ1v) is 9.00. The molecular formula is C17H27N3O5. The molecule has 140 valence electrons. The summed E-state index contributed by atoms with van der Waals surface area (Å²) in [5.74, 6) is 1.06. The highest BCUT2D eigenvalue weighted by Crippen LogP contribution is 2.24. The summed E-state index contributed by atoms with van der Waals surface area (Å²) in [7, 11) is 0. The lowest BCUT2D eigenvalue weighted by atomic mass is 9.89. The van der Waals surface area contributed by atoms with Crippen molar-refractivity contribution in [1.82, 2.24) is 15.0 Å². The fourth-order valence-electron chi connectivity index (χ4n) is 3.77. The van der Waals surface area contributed by atoms with Crippen LogP contribution in [0.3, 0.4) is 0 Å². The van der Waals surface area contributed by atoms with Gasteiger partial charge in [0.2, 0.25) is 5.91 Å². The molecule has 8 heteroatoms. The molecule has 2 N–H and O–H groups in total. The van der Waals surface area contributed by atoms with Gasteiger partial charge in [-0.1, -0.05) is 0 Å². The molecule has 3 heterocycles. The van der Waals surface area contributed by atoms with Gasteiger partial charge in [-0.15, -0.1) is 0 Å². The van der Waals surface area contributed by atoms with Gasteiger partial charge in [0.25, 0.3) is 5.56 Å². The van der Waals surface area contributed by atoms with Crippen molar-refractivity contribution in [2.24, 2.45) is 11.8 Å². The molecule has 0 saturated carbocycles. The molecule has 0 spiro atoms. The minimum Gasteiger partial charge on any atom is -0.396 e. The summed E-state index contributed by atoms with van der Waals surface area (Å²) >= 11 is 0. The van der Waals surface area contributed by atoms with Crippen LogP contribution in [0, 0.1) is 11.8 Å². The van der Waals surface area contributed by atoms with Gasteiger partial charge in [0.15, 0.2) is 0 Å². The van der Waals surface area contributed by atoms with E-state index in [-0.39, 0.29) is 24.0 Å². The van der Waals surface area contributed by atoms with Gasteiger partial charge >= 0.3 is 0 Å². The number of piperidine rings is 1. The first kappa shape index (κ1) is 18.2. The molecule has 0 radical (unpaired) electrons. The Hall–Kier alpha value is -1.64. The third-order valence-corrected chi connectivity index (χ3v) is 5.01. The van der Waals surface area contributed by atoms with Crippen LogP contribution in [-0.2, 0) is 16.0 Å². The second-order valence-corrected chi connectivity index (χ2v) is 7.04. The molecular weight excluding hydrogens is 326 g/mol. The van der Waals surface area contributed by atoms with E-state index in [0.29, 0.717) is 31.1 Å². The lowest BCUT2D eigenvalue weighted by Gasteiger charge is -2.40. The number of aromatic amines is 1. The third kappa shape index (κ3) is 5.17. The van der Waals surface area contributed by atoms with E-state index in [1.807, 2.05) is 4.90 Å². The number of ether oxygens (including phenoxy) is 1. The zero-order valence-corrected chi connectivity index (χ0v) is 14.5. The predicted octanol–water partition coefficient (Wildman–Crippen LogP) is -0.310. The number of aliphatic hydroxyl groups excluding tert-OH is 1. The number of nitrogens with zero attached hydrogens (tertiary/aromatic N) is 2. The molecule has 25 heavy (non-hydrogen) atoms. The molecule has 0 aromatic carbocycles. The summed E-state index contributed by atoms with van der Waals surface area (Å²) in [6.45, 7) is 5.77. The molecule has 2 atom stereocenters. The van der Waals surface area contributed by atoms with Gasteiger partial charge in [0.05, 0.1) is 13.2 Å². The van der Waals surface area contributed by atoms with E-state index in [2.05, 4.69) is 10.1 Å². The van der Waals surface area contributed by atoms with Crippen molar-refractivity contribution in [2.45, 2.75) is 19.3 Å². The van der Waals surface area contributed by atoms with E-state index in [1.54, 1.807) is 0 Å². The fourth-order valence-corrected chi connectivity index (χ4v) is 3.77. The summed E-state index contributed by atoms with van der Waals surface area (Å²) in [5, 5.41) is 11.8. The van der Waals surface area contributed by atoms with Crippen LogP contribution in [0.25, 0.3) is 0 Å². The van der Waals surface area contributed by atoms with Gasteiger partial charge in [-0.3, -0.25) is 14.5 Å². The molecule has 8 nitrogen and oxygen atoms in total. The molecule has 0 bridgehead atoms. The summed E-state index contributed by atoms with van der Waals surface area (Å²) in [6.07, 6.45) is 1.67. The number of carbonyl (C=O) groups is 1. The first-order valence-electron chi connectivity index (χ1n) is 9.00. The van der Waals surface area contributed by atoms with Crippen LogP contribution >= 0.6 is 0 Å². The monoisotopic (exact) mass is 353 g/mol. The molecule has 1 aromatic heterocycles. The van der Waals surface area contributed by atoms with Crippen molar-refractivity contribution < 1.29 is 19.2 Å². The number of hydrogen-bond donors (Lipinski definition) is 2. The topological polar surface area (TPSA) is 99.0 Å². The van der Waals surface area contributed by atoms with Crippen molar-refractivity contribution in [3.05, 3.63) is 22.2 Å². The number of likely N-dealkylation sites (tertiary alicyclic amines) is 1. The Bertz CT molecular complexity index is 607. The fraction of sp³-hybridized carbons (Fsp3) is 0.765. The molecule has 1 aromatic rings. The largest absolute Gasteiger partial charge is 0.396 e. The van der Waals surface area contributed by atoms with Gasteiger partial charge in [0.1, 0.15) is 5.76 Å². The van der Waals surface area contributed by atoms with Crippen LogP contribution in [0.4, 0.5) is 0 Å². The number of hydrogen-bond acceptors (Lipinski definition) is 6. The van der Waals surface area contributed by atoms with Gasteiger partial charge < -0.3 is 19.3 Å². The molecule has 2 fully saturated rings.